The van der Waals surface area contributed by atoms with Crippen LogP contribution in [0.2, 0.25) is 0 Å². The molecule has 0 aliphatic heterocycles. The zero-order valence-corrected chi connectivity index (χ0v) is 10.3. The van der Waals surface area contributed by atoms with Crippen molar-refractivity contribution in [2.45, 2.75) is 52.0 Å². The van der Waals surface area contributed by atoms with Gasteiger partial charge in [0.1, 0.15) is 6.33 Å². The molecule has 0 amide bonds. The molecule has 0 radical (unpaired) electrons. The van der Waals surface area contributed by atoms with Crippen molar-refractivity contribution >= 4 is 0 Å². The number of aryl methyl sites for hydroxylation is 1. The maximum Gasteiger partial charge on any atom is 0.115 e. The second kappa shape index (κ2) is 5.39. The summed E-state index contributed by atoms with van der Waals surface area (Å²) in [4.78, 5) is 8.81. The van der Waals surface area contributed by atoms with Crippen LogP contribution in [0.15, 0.2) is 6.33 Å². The molecule has 0 saturated heterocycles. The Kier molecular flexibility index (Phi) is 3.88. The fraction of sp³-hybridized carbons (Fsp3) is 0.692. The molecule has 2 rings (SSSR count). The van der Waals surface area contributed by atoms with Crippen LogP contribution in [0.4, 0.5) is 0 Å². The minimum Gasteiger partial charge on any atom is -0.314 e. The molecule has 1 atom stereocenters. The van der Waals surface area contributed by atoms with Crippen molar-refractivity contribution < 1.29 is 0 Å². The highest BCUT2D eigenvalue weighted by molar-refractivity contribution is 5.29. The molecule has 0 fully saturated rings. The van der Waals surface area contributed by atoms with Gasteiger partial charge in [0.15, 0.2) is 0 Å². The van der Waals surface area contributed by atoms with Gasteiger partial charge in [-0.1, -0.05) is 6.92 Å². The molecular weight excluding hydrogens is 198 g/mol. The Hall–Kier alpha value is -0.960. The standard InChI is InChI=1S/C13H21N3/c1-3-7-14-10(2)8-13-11-5-4-6-12(11)15-9-16-13/h9-10,14H,3-8H2,1-2H3. The van der Waals surface area contributed by atoms with E-state index < -0.39 is 0 Å². The lowest BCUT2D eigenvalue weighted by Crippen LogP contribution is -2.29. The number of hydrogen-bond donors (Lipinski definition) is 1. The SMILES string of the molecule is CCCNC(C)Cc1ncnc2c1CCC2. The van der Waals surface area contributed by atoms with Gasteiger partial charge < -0.3 is 5.32 Å². The minimum atomic E-state index is 0.513. The summed E-state index contributed by atoms with van der Waals surface area (Å²) in [6, 6.07) is 0.513. The summed E-state index contributed by atoms with van der Waals surface area (Å²) in [6.45, 7) is 5.52. The van der Waals surface area contributed by atoms with Crippen LogP contribution in [0.5, 0.6) is 0 Å². The summed E-state index contributed by atoms with van der Waals surface area (Å²) in [6.07, 6.45) is 7.51. The predicted molar refractivity (Wildman–Crippen MR) is 65.5 cm³/mol. The van der Waals surface area contributed by atoms with Crippen LogP contribution in [0.1, 0.15) is 43.6 Å². The molecule has 1 unspecified atom stereocenters. The van der Waals surface area contributed by atoms with Gasteiger partial charge in [-0.3, -0.25) is 0 Å². The summed E-state index contributed by atoms with van der Waals surface area (Å²) >= 11 is 0. The first-order valence-electron chi connectivity index (χ1n) is 6.36. The number of aromatic nitrogens is 2. The van der Waals surface area contributed by atoms with Crippen LogP contribution in [0.3, 0.4) is 0 Å². The van der Waals surface area contributed by atoms with Crippen molar-refractivity contribution in [3.63, 3.8) is 0 Å². The van der Waals surface area contributed by atoms with Crippen molar-refractivity contribution in [1.29, 1.82) is 0 Å². The van der Waals surface area contributed by atoms with Crippen LogP contribution in [-0.2, 0) is 19.3 Å². The van der Waals surface area contributed by atoms with Crippen molar-refractivity contribution in [2.75, 3.05) is 6.54 Å². The molecule has 1 aromatic heterocycles. The van der Waals surface area contributed by atoms with Gasteiger partial charge >= 0.3 is 0 Å². The van der Waals surface area contributed by atoms with E-state index in [-0.39, 0.29) is 0 Å². The lowest BCUT2D eigenvalue weighted by Gasteiger charge is -2.14. The molecule has 1 aromatic rings. The molecule has 0 spiro atoms. The van der Waals surface area contributed by atoms with Gasteiger partial charge in [0.25, 0.3) is 0 Å². The van der Waals surface area contributed by atoms with E-state index in [9.17, 15) is 0 Å². The molecule has 3 nitrogen and oxygen atoms in total. The van der Waals surface area contributed by atoms with E-state index >= 15 is 0 Å². The fourth-order valence-electron chi connectivity index (χ4n) is 2.36. The van der Waals surface area contributed by atoms with Gasteiger partial charge in [0, 0.05) is 23.9 Å². The molecule has 1 aliphatic rings. The second-order valence-corrected chi connectivity index (χ2v) is 4.66. The highest BCUT2D eigenvalue weighted by atomic mass is 14.9. The summed E-state index contributed by atoms with van der Waals surface area (Å²) in [7, 11) is 0. The third kappa shape index (κ3) is 2.59. The van der Waals surface area contributed by atoms with Crippen molar-refractivity contribution in [3.8, 4) is 0 Å². The first kappa shape index (κ1) is 11.5. The van der Waals surface area contributed by atoms with E-state index in [4.69, 9.17) is 0 Å². The Balaban J connectivity index is 2.01. The normalized spacial score (nSPS) is 16.1. The quantitative estimate of drug-likeness (QED) is 0.822. The Morgan fingerprint density at radius 2 is 2.25 bits per heavy atom. The van der Waals surface area contributed by atoms with Crippen LogP contribution in [-0.4, -0.2) is 22.6 Å². The Morgan fingerprint density at radius 1 is 1.38 bits per heavy atom. The van der Waals surface area contributed by atoms with E-state index in [1.54, 1.807) is 6.33 Å². The third-order valence-corrected chi connectivity index (χ3v) is 3.21. The largest absolute Gasteiger partial charge is 0.314 e. The zero-order valence-electron chi connectivity index (χ0n) is 10.3. The molecule has 0 bridgehead atoms. The summed E-state index contributed by atoms with van der Waals surface area (Å²) in [5, 5.41) is 3.51. The first-order chi connectivity index (χ1) is 7.81. The number of nitrogens with zero attached hydrogens (tertiary/aromatic N) is 2. The molecule has 0 saturated carbocycles. The maximum atomic E-state index is 4.45. The van der Waals surface area contributed by atoms with Crippen LogP contribution in [0, 0.1) is 0 Å². The Bertz CT molecular complexity index is 349. The number of nitrogens with one attached hydrogen (secondary N) is 1. The van der Waals surface area contributed by atoms with Crippen LogP contribution in [0.25, 0.3) is 0 Å². The van der Waals surface area contributed by atoms with Crippen molar-refractivity contribution in [1.82, 2.24) is 15.3 Å². The Labute approximate surface area is 97.7 Å². The average Bonchev–Trinajstić information content (AvgIpc) is 2.75. The minimum absolute atomic E-state index is 0.513. The monoisotopic (exact) mass is 219 g/mol. The smallest absolute Gasteiger partial charge is 0.115 e. The lowest BCUT2D eigenvalue weighted by atomic mass is 10.1. The lowest BCUT2D eigenvalue weighted by molar-refractivity contribution is 0.536. The molecule has 0 aromatic carbocycles. The van der Waals surface area contributed by atoms with E-state index in [1.807, 2.05) is 0 Å². The number of fused-ring (bicyclic) bond motifs is 1. The zero-order chi connectivity index (χ0) is 11.4. The number of hydrogen-bond acceptors (Lipinski definition) is 3. The fourth-order valence-corrected chi connectivity index (χ4v) is 2.36. The summed E-state index contributed by atoms with van der Waals surface area (Å²) < 4.78 is 0. The molecular formula is C13H21N3. The Morgan fingerprint density at radius 3 is 3.06 bits per heavy atom. The van der Waals surface area contributed by atoms with Gasteiger partial charge in [0.2, 0.25) is 0 Å². The topological polar surface area (TPSA) is 37.8 Å². The van der Waals surface area contributed by atoms with Gasteiger partial charge in [-0.15, -0.1) is 0 Å². The van der Waals surface area contributed by atoms with Gasteiger partial charge in [-0.25, -0.2) is 9.97 Å². The van der Waals surface area contributed by atoms with E-state index in [0.717, 1.165) is 19.4 Å². The summed E-state index contributed by atoms with van der Waals surface area (Å²) in [5.74, 6) is 0. The summed E-state index contributed by atoms with van der Waals surface area (Å²) in [5.41, 5.74) is 3.97. The van der Waals surface area contributed by atoms with E-state index in [1.165, 1.54) is 36.2 Å². The maximum absolute atomic E-state index is 4.45. The molecule has 1 N–H and O–H groups in total. The van der Waals surface area contributed by atoms with E-state index in [0.29, 0.717) is 6.04 Å². The highest BCUT2D eigenvalue weighted by Gasteiger charge is 2.17. The van der Waals surface area contributed by atoms with Gasteiger partial charge in [0.05, 0.1) is 0 Å². The van der Waals surface area contributed by atoms with Gasteiger partial charge in [-0.05, 0) is 44.7 Å². The second-order valence-electron chi connectivity index (χ2n) is 4.66. The molecule has 1 heterocycles. The van der Waals surface area contributed by atoms with Crippen LogP contribution >= 0.6 is 0 Å². The van der Waals surface area contributed by atoms with Gasteiger partial charge in [-0.2, -0.15) is 0 Å². The predicted octanol–water partition coefficient (Wildman–Crippen LogP) is 1.90. The molecule has 16 heavy (non-hydrogen) atoms. The first-order valence-corrected chi connectivity index (χ1v) is 6.36. The average molecular weight is 219 g/mol. The van der Waals surface area contributed by atoms with Crippen LogP contribution < -0.4 is 5.32 Å². The molecule has 3 heteroatoms. The third-order valence-electron chi connectivity index (χ3n) is 3.21. The van der Waals surface area contributed by atoms with Crippen molar-refractivity contribution in [2.24, 2.45) is 0 Å². The molecule has 1 aliphatic carbocycles. The molecule has 88 valence electrons. The number of rotatable bonds is 5. The van der Waals surface area contributed by atoms with E-state index in [2.05, 4.69) is 29.1 Å². The highest BCUT2D eigenvalue weighted by Crippen LogP contribution is 2.22. The van der Waals surface area contributed by atoms with Crippen molar-refractivity contribution in [3.05, 3.63) is 23.3 Å².